The zero-order valence-electron chi connectivity index (χ0n) is 15.4. The summed E-state index contributed by atoms with van der Waals surface area (Å²) >= 11 is 13.7. The molecule has 2 heterocycles. The molecule has 27 heavy (non-hydrogen) atoms. The fourth-order valence-electron chi connectivity index (χ4n) is 2.78. The monoisotopic (exact) mass is 421 g/mol. The summed E-state index contributed by atoms with van der Waals surface area (Å²) in [6, 6.07) is 9.46. The molecule has 0 saturated heterocycles. The summed E-state index contributed by atoms with van der Waals surface area (Å²) in [6.45, 7) is 6.76. The molecule has 0 spiro atoms. The highest BCUT2D eigenvalue weighted by atomic mass is 35.5. The molecule has 1 atom stereocenters. The molecule has 2 aromatic heterocycles. The Morgan fingerprint density at radius 3 is 2.41 bits per heavy atom. The molecular weight excluding hydrogens is 401 g/mol. The quantitative estimate of drug-likeness (QED) is 0.473. The number of rotatable bonds is 7. The number of aromatic nitrogens is 3. The van der Waals surface area contributed by atoms with Gasteiger partial charge in [-0.05, 0) is 48.7 Å². The molecule has 3 aromatic rings. The average molecular weight is 422 g/mol. The van der Waals surface area contributed by atoms with Gasteiger partial charge in [0.05, 0.1) is 12.7 Å². The highest BCUT2D eigenvalue weighted by molar-refractivity contribution is 7.99. The molecule has 3 rings (SSSR count). The molecular formula is C20H21Cl2N3OS. The minimum absolute atomic E-state index is 0.0132. The van der Waals surface area contributed by atoms with Gasteiger partial charge in [-0.2, -0.15) is 5.10 Å². The highest BCUT2D eigenvalue weighted by Gasteiger charge is 2.19. The van der Waals surface area contributed by atoms with Crippen LogP contribution in [0.1, 0.15) is 36.8 Å². The second-order valence-electron chi connectivity index (χ2n) is 6.60. The van der Waals surface area contributed by atoms with Gasteiger partial charge in [0.15, 0.2) is 0 Å². The first kappa shape index (κ1) is 20.2. The Hall–Kier alpha value is -1.53. The maximum Gasteiger partial charge on any atom is 0.128 e. The van der Waals surface area contributed by atoms with Crippen LogP contribution in [0.2, 0.25) is 10.0 Å². The molecule has 1 aromatic carbocycles. The molecule has 0 aliphatic carbocycles. The summed E-state index contributed by atoms with van der Waals surface area (Å²) in [7, 11) is 0. The lowest BCUT2D eigenvalue weighted by molar-refractivity contribution is 0.00775. The summed E-state index contributed by atoms with van der Waals surface area (Å²) in [4.78, 5) is 5.03. The number of benzene rings is 1. The minimum Gasteiger partial charge on any atom is -0.368 e. The van der Waals surface area contributed by atoms with E-state index < -0.39 is 0 Å². The Balaban J connectivity index is 1.78. The first-order chi connectivity index (χ1) is 12.9. The Morgan fingerprint density at radius 2 is 1.78 bits per heavy atom. The number of aryl methyl sites for hydroxylation is 1. The average Bonchev–Trinajstić information content (AvgIpc) is 2.95. The summed E-state index contributed by atoms with van der Waals surface area (Å²) in [6.07, 6.45) is 3.57. The number of nitrogens with zero attached hydrogens (tertiary/aromatic N) is 2. The van der Waals surface area contributed by atoms with Gasteiger partial charge in [0.2, 0.25) is 0 Å². The molecule has 0 aliphatic heterocycles. The van der Waals surface area contributed by atoms with Crippen LogP contribution in [0.25, 0.3) is 0 Å². The lowest BCUT2D eigenvalue weighted by atomic mass is 10.00. The smallest absolute Gasteiger partial charge is 0.128 e. The first-order valence-electron chi connectivity index (χ1n) is 8.63. The van der Waals surface area contributed by atoms with Gasteiger partial charge in [-0.25, -0.2) is 0 Å². The van der Waals surface area contributed by atoms with Gasteiger partial charge in [0, 0.05) is 38.6 Å². The molecule has 0 radical (unpaired) electrons. The van der Waals surface area contributed by atoms with E-state index in [0.29, 0.717) is 22.6 Å². The molecule has 0 saturated carbocycles. The van der Waals surface area contributed by atoms with Crippen LogP contribution in [0.4, 0.5) is 0 Å². The number of hydrogen-bond acceptors (Lipinski definition) is 4. The second kappa shape index (κ2) is 9.11. The molecule has 1 unspecified atom stereocenters. The van der Waals surface area contributed by atoms with E-state index >= 15 is 0 Å². The predicted octanol–water partition coefficient (Wildman–Crippen LogP) is 6.49. The zero-order chi connectivity index (χ0) is 19.4. The first-order valence-corrected chi connectivity index (χ1v) is 10.2. The molecule has 142 valence electrons. The van der Waals surface area contributed by atoms with E-state index in [1.807, 2.05) is 31.2 Å². The third-order valence-electron chi connectivity index (χ3n) is 4.13. The van der Waals surface area contributed by atoms with Crippen LogP contribution >= 0.6 is 35.0 Å². The molecule has 7 heteroatoms. The highest BCUT2D eigenvalue weighted by Crippen LogP contribution is 2.35. The summed E-state index contributed by atoms with van der Waals surface area (Å²) in [5.41, 5.74) is 3.15. The van der Waals surface area contributed by atoms with Gasteiger partial charge in [-0.15, -0.1) is 0 Å². The fraction of sp³-hybridized carbons (Fsp3) is 0.300. The number of hydrogen-bond donors (Lipinski definition) is 1. The van der Waals surface area contributed by atoms with Crippen molar-refractivity contribution in [2.75, 3.05) is 0 Å². The number of nitrogens with one attached hydrogen (secondary N) is 1. The van der Waals surface area contributed by atoms with E-state index in [9.17, 15) is 0 Å². The fourth-order valence-corrected chi connectivity index (χ4v) is 4.46. The Labute approximate surface area is 173 Å². The molecule has 0 fully saturated rings. The Morgan fingerprint density at radius 1 is 1.11 bits per heavy atom. The number of halogens is 2. The van der Waals surface area contributed by atoms with Crippen LogP contribution in [0.15, 0.2) is 52.6 Å². The summed E-state index contributed by atoms with van der Waals surface area (Å²) < 4.78 is 6.29. The van der Waals surface area contributed by atoms with Gasteiger partial charge in [0.1, 0.15) is 5.03 Å². The van der Waals surface area contributed by atoms with E-state index in [2.05, 4.69) is 29.0 Å². The number of aromatic amines is 1. The van der Waals surface area contributed by atoms with E-state index in [-0.39, 0.29) is 6.10 Å². The van der Waals surface area contributed by atoms with E-state index in [1.54, 1.807) is 18.5 Å². The third-order valence-corrected chi connectivity index (χ3v) is 5.57. The lowest BCUT2D eigenvalue weighted by Crippen LogP contribution is -2.11. The number of pyridine rings is 1. The minimum atomic E-state index is -0.0132. The van der Waals surface area contributed by atoms with E-state index in [1.165, 1.54) is 11.8 Å². The van der Waals surface area contributed by atoms with E-state index in [0.717, 1.165) is 26.7 Å². The van der Waals surface area contributed by atoms with E-state index in [4.69, 9.17) is 27.9 Å². The maximum atomic E-state index is 6.29. The van der Waals surface area contributed by atoms with Crippen LogP contribution in [0.3, 0.4) is 0 Å². The maximum absolute atomic E-state index is 6.29. The van der Waals surface area contributed by atoms with Crippen molar-refractivity contribution >= 4 is 35.0 Å². The van der Waals surface area contributed by atoms with Gasteiger partial charge < -0.3 is 4.74 Å². The zero-order valence-corrected chi connectivity index (χ0v) is 17.7. The Bertz CT molecular complexity index is 879. The van der Waals surface area contributed by atoms with Gasteiger partial charge in [-0.1, -0.05) is 48.8 Å². The van der Waals surface area contributed by atoms with Crippen LogP contribution < -0.4 is 0 Å². The third kappa shape index (κ3) is 5.26. The van der Waals surface area contributed by atoms with Crippen molar-refractivity contribution in [2.45, 2.75) is 43.4 Å². The van der Waals surface area contributed by atoms with Crippen molar-refractivity contribution in [1.29, 1.82) is 0 Å². The summed E-state index contributed by atoms with van der Waals surface area (Å²) in [5.74, 6) is 0.336. The predicted molar refractivity (Wildman–Crippen MR) is 111 cm³/mol. The van der Waals surface area contributed by atoms with Crippen molar-refractivity contribution < 1.29 is 4.74 Å². The van der Waals surface area contributed by atoms with Crippen molar-refractivity contribution in [1.82, 2.24) is 15.2 Å². The standard InChI is InChI=1S/C20H21Cl2N3OS/c1-12(2)19(14-4-6-23-7-5-14)26-11-18-13(3)24-25-20(18)27-17-9-15(21)8-16(22)10-17/h4-10,12,19H,11H2,1-3H3,(H,24,25). The molecule has 0 amide bonds. The van der Waals surface area contributed by atoms with Gasteiger partial charge in [0.25, 0.3) is 0 Å². The topological polar surface area (TPSA) is 50.8 Å². The van der Waals surface area contributed by atoms with Crippen LogP contribution in [-0.2, 0) is 11.3 Å². The number of H-pyrrole nitrogens is 1. The van der Waals surface area contributed by atoms with Crippen molar-refractivity contribution in [3.63, 3.8) is 0 Å². The largest absolute Gasteiger partial charge is 0.368 e. The summed E-state index contributed by atoms with van der Waals surface area (Å²) in [5, 5.41) is 9.55. The van der Waals surface area contributed by atoms with Gasteiger partial charge in [-0.3, -0.25) is 10.1 Å². The van der Waals surface area contributed by atoms with Crippen LogP contribution in [0, 0.1) is 12.8 Å². The Kier molecular flexibility index (Phi) is 6.82. The molecule has 0 aliphatic rings. The van der Waals surface area contributed by atoms with Crippen LogP contribution in [-0.4, -0.2) is 15.2 Å². The lowest BCUT2D eigenvalue weighted by Gasteiger charge is -2.22. The van der Waals surface area contributed by atoms with Crippen LogP contribution in [0.5, 0.6) is 0 Å². The van der Waals surface area contributed by atoms with Gasteiger partial charge >= 0.3 is 0 Å². The molecule has 1 N–H and O–H groups in total. The molecule has 4 nitrogen and oxygen atoms in total. The van der Waals surface area contributed by atoms with Crippen molar-refractivity contribution in [2.24, 2.45) is 5.92 Å². The molecule has 0 bridgehead atoms. The SMILES string of the molecule is Cc1[nH]nc(Sc2cc(Cl)cc(Cl)c2)c1COC(c1ccncc1)C(C)C. The van der Waals surface area contributed by atoms with Crippen molar-refractivity contribution in [3.05, 3.63) is 69.6 Å². The number of ether oxygens (including phenoxy) is 1. The van der Waals surface area contributed by atoms with Crippen molar-refractivity contribution in [3.8, 4) is 0 Å². The normalized spacial score (nSPS) is 12.5. The second-order valence-corrected chi connectivity index (χ2v) is 8.53.